The Bertz CT molecular complexity index is 512. The number of benzene rings is 1. The normalized spacial score (nSPS) is 17.4. The second-order valence-electron chi connectivity index (χ2n) is 6.10. The highest BCUT2D eigenvalue weighted by Gasteiger charge is 2.31. The van der Waals surface area contributed by atoms with Crippen molar-refractivity contribution in [2.75, 3.05) is 19.6 Å². The summed E-state index contributed by atoms with van der Waals surface area (Å²) >= 11 is 0. The number of urea groups is 1. The Morgan fingerprint density at radius 2 is 1.87 bits per heavy atom. The Morgan fingerprint density at radius 3 is 2.48 bits per heavy atom. The van der Waals surface area contributed by atoms with Gasteiger partial charge in [-0.3, -0.25) is 4.79 Å². The number of hydrogen-bond donors (Lipinski definition) is 1. The molecule has 0 radical (unpaired) electrons. The molecule has 0 saturated carbocycles. The van der Waals surface area contributed by atoms with Gasteiger partial charge < -0.3 is 15.1 Å². The Balaban J connectivity index is 1.88. The zero-order valence-corrected chi connectivity index (χ0v) is 14.1. The lowest BCUT2D eigenvalue weighted by molar-refractivity contribution is -0.128. The standard InChI is InChI=1S/C18H27N3O2/c1-3-10-20(11-4-2)18(23)19-16-12-17(22)21(14-16)13-15-8-6-5-7-9-15/h5-9,16H,3-4,10-14H2,1-2H3,(H,19,23). The van der Waals surface area contributed by atoms with Crippen LogP contribution in [0.3, 0.4) is 0 Å². The maximum absolute atomic E-state index is 12.3. The Morgan fingerprint density at radius 1 is 1.22 bits per heavy atom. The van der Waals surface area contributed by atoms with Gasteiger partial charge in [0.1, 0.15) is 0 Å². The van der Waals surface area contributed by atoms with E-state index in [2.05, 4.69) is 19.2 Å². The van der Waals surface area contributed by atoms with Crippen LogP contribution in [0.2, 0.25) is 0 Å². The number of rotatable bonds is 7. The highest BCUT2D eigenvalue weighted by molar-refractivity contribution is 5.81. The molecule has 0 aromatic heterocycles. The van der Waals surface area contributed by atoms with Gasteiger partial charge in [0, 0.05) is 32.6 Å². The highest BCUT2D eigenvalue weighted by atomic mass is 16.2. The van der Waals surface area contributed by atoms with E-state index in [1.54, 1.807) is 0 Å². The van der Waals surface area contributed by atoms with Crippen molar-refractivity contribution in [3.8, 4) is 0 Å². The number of hydrogen-bond acceptors (Lipinski definition) is 2. The molecule has 0 spiro atoms. The van der Waals surface area contributed by atoms with E-state index in [1.807, 2.05) is 40.1 Å². The fourth-order valence-electron chi connectivity index (χ4n) is 2.95. The molecule has 1 saturated heterocycles. The average molecular weight is 317 g/mol. The van der Waals surface area contributed by atoms with E-state index in [0.29, 0.717) is 19.5 Å². The van der Waals surface area contributed by atoms with Gasteiger partial charge >= 0.3 is 6.03 Å². The summed E-state index contributed by atoms with van der Waals surface area (Å²) in [4.78, 5) is 28.1. The maximum Gasteiger partial charge on any atom is 0.317 e. The van der Waals surface area contributed by atoms with E-state index in [1.165, 1.54) is 0 Å². The summed E-state index contributed by atoms with van der Waals surface area (Å²) in [5.41, 5.74) is 1.12. The van der Waals surface area contributed by atoms with Crippen LogP contribution < -0.4 is 5.32 Å². The van der Waals surface area contributed by atoms with Crippen molar-refractivity contribution in [3.05, 3.63) is 35.9 Å². The lowest BCUT2D eigenvalue weighted by Gasteiger charge is -2.24. The first-order valence-electron chi connectivity index (χ1n) is 8.51. The first kappa shape index (κ1) is 17.3. The molecule has 126 valence electrons. The van der Waals surface area contributed by atoms with Gasteiger partial charge in [-0.1, -0.05) is 44.2 Å². The molecule has 5 nitrogen and oxygen atoms in total. The van der Waals surface area contributed by atoms with E-state index in [9.17, 15) is 9.59 Å². The van der Waals surface area contributed by atoms with Crippen molar-refractivity contribution >= 4 is 11.9 Å². The molecule has 5 heteroatoms. The van der Waals surface area contributed by atoms with E-state index < -0.39 is 0 Å². The number of nitrogens with zero attached hydrogens (tertiary/aromatic N) is 2. The van der Waals surface area contributed by atoms with Gasteiger partial charge in [0.15, 0.2) is 0 Å². The molecule has 1 atom stereocenters. The summed E-state index contributed by atoms with van der Waals surface area (Å²) in [6.07, 6.45) is 2.28. The summed E-state index contributed by atoms with van der Waals surface area (Å²) in [5, 5.41) is 3.02. The molecule has 1 unspecified atom stereocenters. The van der Waals surface area contributed by atoms with Crippen LogP contribution in [0.15, 0.2) is 30.3 Å². The lowest BCUT2D eigenvalue weighted by atomic mass is 10.2. The Kier molecular flexibility index (Phi) is 6.44. The SMILES string of the molecule is CCCN(CCC)C(=O)NC1CC(=O)N(Cc2ccccc2)C1. The quantitative estimate of drug-likeness (QED) is 0.840. The van der Waals surface area contributed by atoms with Gasteiger partial charge in [-0.05, 0) is 18.4 Å². The smallest absolute Gasteiger partial charge is 0.317 e. The summed E-state index contributed by atoms with van der Waals surface area (Å²) in [5.74, 6) is 0.108. The molecule has 1 fully saturated rings. The summed E-state index contributed by atoms with van der Waals surface area (Å²) < 4.78 is 0. The molecule has 1 N–H and O–H groups in total. The fraction of sp³-hybridized carbons (Fsp3) is 0.556. The topological polar surface area (TPSA) is 52.7 Å². The molecule has 1 aliphatic rings. The number of carbonyl (C=O) groups excluding carboxylic acids is 2. The van der Waals surface area contributed by atoms with Crippen molar-refractivity contribution in [2.45, 2.75) is 45.7 Å². The van der Waals surface area contributed by atoms with Gasteiger partial charge in [-0.25, -0.2) is 4.79 Å². The van der Waals surface area contributed by atoms with Crippen LogP contribution in [0.25, 0.3) is 0 Å². The van der Waals surface area contributed by atoms with Crippen LogP contribution in [0.5, 0.6) is 0 Å². The molecule has 1 heterocycles. The van der Waals surface area contributed by atoms with Gasteiger partial charge in [0.25, 0.3) is 0 Å². The molecule has 0 aliphatic carbocycles. The van der Waals surface area contributed by atoms with Gasteiger partial charge in [0.2, 0.25) is 5.91 Å². The number of amides is 3. The van der Waals surface area contributed by atoms with Crippen molar-refractivity contribution in [2.24, 2.45) is 0 Å². The molecular formula is C18H27N3O2. The van der Waals surface area contributed by atoms with Gasteiger partial charge in [0.05, 0.1) is 6.04 Å². The summed E-state index contributed by atoms with van der Waals surface area (Å²) in [6, 6.07) is 9.81. The lowest BCUT2D eigenvalue weighted by Crippen LogP contribution is -2.46. The monoisotopic (exact) mass is 317 g/mol. The molecule has 1 aliphatic heterocycles. The Hall–Kier alpha value is -2.04. The third kappa shape index (κ3) is 4.98. The van der Waals surface area contributed by atoms with Crippen molar-refractivity contribution < 1.29 is 9.59 Å². The third-order valence-electron chi connectivity index (χ3n) is 4.03. The first-order valence-corrected chi connectivity index (χ1v) is 8.51. The van der Waals surface area contributed by atoms with Crippen LogP contribution in [0.1, 0.15) is 38.7 Å². The predicted molar refractivity (Wildman–Crippen MR) is 91.0 cm³/mol. The van der Waals surface area contributed by atoms with Crippen LogP contribution in [-0.4, -0.2) is 47.4 Å². The van der Waals surface area contributed by atoms with Gasteiger partial charge in [-0.2, -0.15) is 0 Å². The van der Waals surface area contributed by atoms with Gasteiger partial charge in [-0.15, -0.1) is 0 Å². The minimum Gasteiger partial charge on any atom is -0.336 e. The highest BCUT2D eigenvalue weighted by Crippen LogP contribution is 2.15. The number of likely N-dealkylation sites (tertiary alicyclic amines) is 1. The van der Waals surface area contributed by atoms with Crippen LogP contribution >= 0.6 is 0 Å². The predicted octanol–water partition coefficient (Wildman–Crippen LogP) is 2.62. The zero-order chi connectivity index (χ0) is 16.7. The van der Waals surface area contributed by atoms with E-state index >= 15 is 0 Å². The number of carbonyl (C=O) groups is 2. The van der Waals surface area contributed by atoms with Crippen molar-refractivity contribution in [1.29, 1.82) is 0 Å². The minimum absolute atomic E-state index is 0.0481. The van der Waals surface area contributed by atoms with E-state index in [0.717, 1.165) is 31.5 Å². The minimum atomic E-state index is -0.0880. The third-order valence-corrected chi connectivity index (χ3v) is 4.03. The summed E-state index contributed by atoms with van der Waals surface area (Å²) in [6.45, 7) is 6.85. The molecular weight excluding hydrogens is 290 g/mol. The van der Waals surface area contributed by atoms with Crippen LogP contribution in [0.4, 0.5) is 4.79 Å². The van der Waals surface area contributed by atoms with E-state index in [4.69, 9.17) is 0 Å². The van der Waals surface area contributed by atoms with E-state index in [-0.39, 0.29) is 18.0 Å². The van der Waals surface area contributed by atoms with Crippen LogP contribution in [-0.2, 0) is 11.3 Å². The molecule has 0 bridgehead atoms. The van der Waals surface area contributed by atoms with Crippen molar-refractivity contribution in [3.63, 3.8) is 0 Å². The average Bonchev–Trinajstić information content (AvgIpc) is 2.87. The largest absolute Gasteiger partial charge is 0.336 e. The Labute approximate surface area is 138 Å². The first-order chi connectivity index (χ1) is 11.1. The fourth-order valence-corrected chi connectivity index (χ4v) is 2.95. The molecule has 1 aromatic carbocycles. The second kappa shape index (κ2) is 8.56. The van der Waals surface area contributed by atoms with Crippen LogP contribution in [0, 0.1) is 0 Å². The number of nitrogens with one attached hydrogen (secondary N) is 1. The molecule has 2 rings (SSSR count). The molecule has 1 aromatic rings. The maximum atomic E-state index is 12.3. The second-order valence-corrected chi connectivity index (χ2v) is 6.10. The molecule has 3 amide bonds. The zero-order valence-electron chi connectivity index (χ0n) is 14.1. The van der Waals surface area contributed by atoms with Crippen molar-refractivity contribution in [1.82, 2.24) is 15.1 Å². The summed E-state index contributed by atoms with van der Waals surface area (Å²) in [7, 11) is 0. The molecule has 23 heavy (non-hydrogen) atoms.